The lowest BCUT2D eigenvalue weighted by Crippen LogP contribution is -2.46. The van der Waals surface area contributed by atoms with Crippen LogP contribution in [0, 0.1) is 0 Å². The number of phosphoric ester groups is 1. The van der Waals surface area contributed by atoms with Crippen molar-refractivity contribution in [2.24, 2.45) is 0 Å². The van der Waals surface area contributed by atoms with Crippen LogP contribution in [-0.2, 0) is 22.7 Å². The number of phosphoric acid groups is 1. The number of hydrogen-bond acceptors (Lipinski definition) is 12. The minimum Gasteiger partial charge on any atom is -0.778 e. The molecule has 0 radical (unpaired) electrons. The van der Waals surface area contributed by atoms with Gasteiger partial charge in [0.25, 0.3) is 19.3 Å². The largest absolute Gasteiger partial charge is 0.778 e. The van der Waals surface area contributed by atoms with Crippen molar-refractivity contribution in [1.29, 1.82) is 0 Å². The van der Waals surface area contributed by atoms with Crippen LogP contribution in [0.1, 0.15) is 6.23 Å². The van der Waals surface area contributed by atoms with E-state index in [1.165, 1.54) is 10.9 Å². The van der Waals surface area contributed by atoms with E-state index in [2.05, 4.69) is 23.8 Å². The van der Waals surface area contributed by atoms with Crippen molar-refractivity contribution in [3.63, 3.8) is 0 Å². The van der Waals surface area contributed by atoms with E-state index >= 15 is 0 Å². The Balaban J connectivity index is 1.79. The number of nitrogens with one attached hydrogen (secondary N) is 2. The molecule has 0 aliphatic carbocycles. The van der Waals surface area contributed by atoms with Gasteiger partial charge in [0.2, 0.25) is 11.7 Å². The Hall–Kier alpha value is -1.67. The second-order valence-electron chi connectivity index (χ2n) is 5.97. The van der Waals surface area contributed by atoms with E-state index in [0.29, 0.717) is 6.66 Å². The highest BCUT2D eigenvalue weighted by atomic mass is 31.3. The van der Waals surface area contributed by atoms with Gasteiger partial charge in [0, 0.05) is 6.66 Å². The average molecular weight is 440 g/mol. The molecule has 17 heteroatoms. The smallest absolute Gasteiger partial charge is 0.313 e. The van der Waals surface area contributed by atoms with Crippen LogP contribution in [0.15, 0.2) is 11.1 Å². The summed E-state index contributed by atoms with van der Waals surface area (Å²) in [6.45, 7) is -0.301. The Morgan fingerprint density at radius 1 is 1.39 bits per heavy atom. The quantitative estimate of drug-likeness (QED) is 0.216. The number of ether oxygens (including phenoxy) is 1. The molecule has 15 nitrogen and oxygen atoms in total. The molecule has 156 valence electrons. The van der Waals surface area contributed by atoms with Gasteiger partial charge in [0.15, 0.2) is 6.33 Å². The van der Waals surface area contributed by atoms with Gasteiger partial charge in [-0.3, -0.25) is 23.6 Å². The number of aromatic amines is 2. The van der Waals surface area contributed by atoms with Gasteiger partial charge < -0.3 is 39.6 Å². The summed E-state index contributed by atoms with van der Waals surface area (Å²) in [6, 6.07) is 0. The molecule has 1 aliphatic heterocycles. The molecular formula is C11H16N5O10P2-. The lowest BCUT2D eigenvalue weighted by Gasteiger charge is -2.29. The number of imidazole rings is 1. The van der Waals surface area contributed by atoms with Crippen molar-refractivity contribution in [3.05, 3.63) is 16.7 Å². The van der Waals surface area contributed by atoms with E-state index in [4.69, 9.17) is 10.5 Å². The summed E-state index contributed by atoms with van der Waals surface area (Å²) in [6.07, 6.45) is -4.59. The van der Waals surface area contributed by atoms with Gasteiger partial charge in [-0.1, -0.05) is 4.98 Å². The summed E-state index contributed by atoms with van der Waals surface area (Å²) in [7, 11) is -9.86. The van der Waals surface area contributed by atoms with Gasteiger partial charge >= 0.3 is 5.65 Å². The van der Waals surface area contributed by atoms with Crippen LogP contribution in [0.2, 0.25) is 0 Å². The van der Waals surface area contributed by atoms with Gasteiger partial charge in [-0.2, -0.15) is 0 Å². The molecule has 0 spiro atoms. The first-order chi connectivity index (χ1) is 12.9. The summed E-state index contributed by atoms with van der Waals surface area (Å²) in [5.41, 5.74) is 4.94. The van der Waals surface area contributed by atoms with Gasteiger partial charge in [-0.25, -0.2) is 4.57 Å². The van der Waals surface area contributed by atoms with Crippen LogP contribution in [0.3, 0.4) is 0 Å². The summed E-state index contributed by atoms with van der Waals surface area (Å²) >= 11 is 0. The number of nitrogens with zero attached hydrogens (tertiary/aromatic N) is 2. The molecule has 2 unspecified atom stereocenters. The maximum absolute atomic E-state index is 11.8. The number of hydrogen-bond donors (Lipinski definition) is 5. The van der Waals surface area contributed by atoms with E-state index in [9.17, 15) is 33.9 Å². The number of aliphatic hydroxyl groups excluding tert-OH is 2. The Bertz CT molecular complexity index is 1030. The van der Waals surface area contributed by atoms with Gasteiger partial charge in [0.1, 0.15) is 25.9 Å². The van der Waals surface area contributed by atoms with Gasteiger partial charge in [-0.15, -0.1) is 0 Å². The number of anilines is 1. The van der Waals surface area contributed by atoms with Crippen molar-refractivity contribution in [3.8, 4) is 0 Å². The van der Waals surface area contributed by atoms with Crippen molar-refractivity contribution in [1.82, 2.24) is 15.0 Å². The van der Waals surface area contributed by atoms with Gasteiger partial charge in [-0.05, 0) is 0 Å². The standard InChI is InChI=1S/C11H17N5O10P2/c1-27(20,21)26-28(22,23)24-2-4-6(17)7(18)10(25-4)16-3-13-5-8(16)14-11(12)15-9(5)19/h3-4,6-7,10,17-18H,2H2,1H3,(H5,12,14,15,19,20,21,22,23)/p-1/t4-,6-,7-,10-/m1/s1. The van der Waals surface area contributed by atoms with E-state index in [1.807, 2.05) is 0 Å². The number of nitrogen functional groups attached to an aromatic ring is 1. The molecule has 0 saturated carbocycles. The molecule has 2 aromatic heterocycles. The Morgan fingerprint density at radius 3 is 2.71 bits per heavy atom. The Morgan fingerprint density at radius 2 is 2.07 bits per heavy atom. The number of H-pyrrole nitrogens is 2. The maximum Gasteiger partial charge on any atom is 0.313 e. The molecule has 0 bridgehead atoms. The van der Waals surface area contributed by atoms with Crippen LogP contribution >= 0.6 is 15.4 Å². The van der Waals surface area contributed by atoms with Crippen molar-refractivity contribution in [2.45, 2.75) is 24.5 Å². The summed E-state index contributed by atoms with van der Waals surface area (Å²) < 4.78 is 37.2. The van der Waals surface area contributed by atoms with Crippen LogP contribution in [0.25, 0.3) is 11.2 Å². The highest BCUT2D eigenvalue weighted by Crippen LogP contribution is 2.53. The molecular weight excluding hydrogens is 424 g/mol. The number of aliphatic hydroxyl groups is 2. The van der Waals surface area contributed by atoms with E-state index < -0.39 is 52.1 Å². The lowest BCUT2D eigenvalue weighted by atomic mass is 10.1. The molecule has 3 heterocycles. The Kier molecular flexibility index (Phi) is 5.49. The zero-order chi connectivity index (χ0) is 20.9. The SMILES string of the molecule is CP(=O)([O-])OP(=O)([O-])OC[C@H]1O[C@@H]([n+]2c[nH]c3c(=O)[nH]c(N)nc32)[C@H](O)[C@@H]1O. The van der Waals surface area contributed by atoms with Crippen molar-refractivity contribution >= 4 is 32.5 Å². The molecule has 1 fully saturated rings. The van der Waals surface area contributed by atoms with Crippen LogP contribution in [0.4, 0.5) is 5.95 Å². The van der Waals surface area contributed by atoms with E-state index in [-0.39, 0.29) is 17.1 Å². The average Bonchev–Trinajstić information content (AvgIpc) is 3.06. The highest BCUT2D eigenvalue weighted by Gasteiger charge is 2.47. The molecule has 6 N–H and O–H groups in total. The molecule has 0 aromatic carbocycles. The summed E-state index contributed by atoms with van der Waals surface area (Å²) in [5, 5.41) is 20.3. The molecule has 0 amide bonds. The van der Waals surface area contributed by atoms with Crippen LogP contribution < -0.4 is 25.6 Å². The first kappa shape index (κ1) is 21.0. The lowest BCUT2D eigenvalue weighted by molar-refractivity contribution is -0.745. The molecule has 2 aromatic rings. The Labute approximate surface area is 155 Å². The van der Waals surface area contributed by atoms with E-state index in [0.717, 1.165) is 0 Å². The predicted octanol–water partition coefficient (Wildman–Crippen LogP) is -3.58. The van der Waals surface area contributed by atoms with Crippen LogP contribution in [-0.4, -0.2) is 56.7 Å². The third kappa shape index (κ3) is 4.33. The zero-order valence-electron chi connectivity index (χ0n) is 14.1. The minimum absolute atomic E-state index is 0.00942. The number of nitrogens with two attached hydrogens (primary N) is 1. The topological polar surface area (TPSA) is 240 Å². The zero-order valence-corrected chi connectivity index (χ0v) is 15.9. The fourth-order valence-corrected chi connectivity index (χ4v) is 4.62. The van der Waals surface area contributed by atoms with Crippen molar-refractivity contribution < 1.29 is 47.3 Å². The summed E-state index contributed by atoms with van der Waals surface area (Å²) in [4.78, 5) is 43.1. The molecule has 6 atom stereocenters. The normalized spacial score (nSPS) is 29.6. The van der Waals surface area contributed by atoms with Gasteiger partial charge in [0.05, 0.1) is 6.61 Å². The maximum atomic E-state index is 11.8. The fraction of sp³-hybridized carbons (Fsp3) is 0.545. The molecule has 3 rings (SSSR count). The second kappa shape index (κ2) is 7.30. The van der Waals surface area contributed by atoms with E-state index in [1.54, 1.807) is 0 Å². The summed E-state index contributed by atoms with van der Waals surface area (Å²) in [5.74, 6) is -0.204. The third-order valence-corrected chi connectivity index (χ3v) is 6.22. The number of fused-ring (bicyclic) bond motifs is 1. The molecule has 28 heavy (non-hydrogen) atoms. The monoisotopic (exact) mass is 440 g/mol. The first-order valence-electron chi connectivity index (χ1n) is 7.63. The molecule has 1 aliphatic rings. The third-order valence-electron chi connectivity index (χ3n) is 3.77. The van der Waals surface area contributed by atoms with Crippen LogP contribution in [0.5, 0.6) is 0 Å². The first-order valence-corrected chi connectivity index (χ1v) is 11.1. The minimum atomic E-state index is -5.23. The van der Waals surface area contributed by atoms with Crippen molar-refractivity contribution in [2.75, 3.05) is 19.0 Å². The molecule has 1 saturated heterocycles. The predicted molar refractivity (Wildman–Crippen MR) is 85.4 cm³/mol. The second-order valence-corrected chi connectivity index (χ2v) is 9.32. The number of rotatable bonds is 6. The fourth-order valence-electron chi connectivity index (χ4n) is 2.65. The highest BCUT2D eigenvalue weighted by molar-refractivity contribution is 7.62. The number of aromatic nitrogens is 4.